The molecule has 0 aliphatic heterocycles. The predicted octanol–water partition coefficient (Wildman–Crippen LogP) is 3.05. The monoisotopic (exact) mass is 305 g/mol. The van der Waals surface area contributed by atoms with Crippen molar-refractivity contribution in [1.29, 1.82) is 0 Å². The Morgan fingerprint density at radius 2 is 1.52 bits per heavy atom. The zero-order chi connectivity index (χ0) is 16.4. The molecule has 0 spiro atoms. The van der Waals surface area contributed by atoms with E-state index in [2.05, 4.69) is 0 Å². The lowest BCUT2D eigenvalue weighted by molar-refractivity contribution is -0.394. The molecule has 0 aliphatic rings. The second-order valence-electron chi connectivity index (χ2n) is 4.22. The largest absolute Gasteiger partial charge is 0.416 e. The van der Waals surface area contributed by atoms with Gasteiger partial charge in [0.2, 0.25) is 0 Å². The van der Waals surface area contributed by atoms with E-state index in [9.17, 15) is 33.4 Å². The Morgan fingerprint density at radius 3 is 1.81 bits per heavy atom. The predicted molar refractivity (Wildman–Crippen MR) is 67.5 cm³/mol. The number of hydrogen-bond donors (Lipinski definition) is 0. The van der Waals surface area contributed by atoms with Crippen LogP contribution in [-0.4, -0.2) is 28.8 Å². The molecule has 1 aromatic carbocycles. The molecule has 10 heteroatoms. The zero-order valence-corrected chi connectivity index (χ0v) is 10.9. The highest BCUT2D eigenvalue weighted by atomic mass is 19.4. The number of hydrogen-bond acceptors (Lipinski definition) is 5. The number of nitro groups is 2. The number of rotatable bonds is 4. The van der Waals surface area contributed by atoms with E-state index in [1.54, 1.807) is 14.1 Å². The third-order valence-electron chi connectivity index (χ3n) is 2.40. The van der Waals surface area contributed by atoms with E-state index >= 15 is 0 Å². The molecule has 0 heterocycles. The van der Waals surface area contributed by atoms with Gasteiger partial charge < -0.3 is 4.90 Å². The van der Waals surface area contributed by atoms with Gasteiger partial charge in [0.15, 0.2) is 0 Å². The van der Waals surface area contributed by atoms with Gasteiger partial charge in [-0.05, 0) is 12.3 Å². The maximum atomic E-state index is 12.6. The molecule has 0 fully saturated rings. The second-order valence-corrected chi connectivity index (χ2v) is 4.22. The Hall–Kier alpha value is -2.65. The normalized spacial score (nSPS) is 11.7. The van der Waals surface area contributed by atoms with Crippen LogP contribution in [0.3, 0.4) is 0 Å². The minimum Gasteiger partial charge on any atom is -0.383 e. The fraction of sp³-hybridized carbons (Fsp3) is 0.273. The Bertz CT molecular complexity index is 576. The molecule has 21 heavy (non-hydrogen) atoms. The SMILES string of the molecule is CN(C)/C=C/c1c([N+](=O)[O-])cc(C(F)(F)F)cc1[N+](=O)[O-]. The van der Waals surface area contributed by atoms with Crippen molar-refractivity contribution in [2.45, 2.75) is 6.18 Å². The molecular formula is C11H10F3N3O4. The van der Waals surface area contributed by atoms with Gasteiger partial charge in [-0.15, -0.1) is 0 Å². The van der Waals surface area contributed by atoms with Crippen LogP contribution >= 0.6 is 0 Å². The first-order valence-corrected chi connectivity index (χ1v) is 5.42. The van der Waals surface area contributed by atoms with E-state index in [1.807, 2.05) is 0 Å². The summed E-state index contributed by atoms with van der Waals surface area (Å²) in [6, 6.07) is 0.560. The molecule has 0 bridgehead atoms. The summed E-state index contributed by atoms with van der Waals surface area (Å²) in [7, 11) is 3.11. The summed E-state index contributed by atoms with van der Waals surface area (Å²) in [5, 5.41) is 21.8. The Morgan fingerprint density at radius 1 is 1.10 bits per heavy atom. The fourth-order valence-electron chi connectivity index (χ4n) is 1.48. The van der Waals surface area contributed by atoms with Crippen molar-refractivity contribution in [2.75, 3.05) is 14.1 Å². The van der Waals surface area contributed by atoms with Crippen LogP contribution in [0.25, 0.3) is 6.08 Å². The first kappa shape index (κ1) is 16.4. The summed E-state index contributed by atoms with van der Waals surface area (Å²) >= 11 is 0. The highest BCUT2D eigenvalue weighted by molar-refractivity contribution is 5.71. The van der Waals surface area contributed by atoms with Crippen molar-refractivity contribution in [1.82, 2.24) is 4.90 Å². The standard InChI is InChI=1S/C11H10F3N3O4/c1-15(2)4-3-8-9(16(18)19)5-7(11(12,13)14)6-10(8)17(20)21/h3-6H,1-2H3/b4-3+. The molecule has 1 aromatic rings. The summed E-state index contributed by atoms with van der Waals surface area (Å²) in [6.07, 6.45) is -2.63. The first-order chi connectivity index (χ1) is 9.54. The summed E-state index contributed by atoms with van der Waals surface area (Å²) in [5.41, 5.74) is -3.89. The van der Waals surface area contributed by atoms with Crippen molar-refractivity contribution >= 4 is 17.5 Å². The first-order valence-electron chi connectivity index (χ1n) is 5.42. The highest BCUT2D eigenvalue weighted by Gasteiger charge is 2.36. The van der Waals surface area contributed by atoms with Crippen molar-refractivity contribution in [3.05, 3.63) is 49.7 Å². The number of halogens is 3. The zero-order valence-electron chi connectivity index (χ0n) is 10.9. The molecule has 7 nitrogen and oxygen atoms in total. The molecular weight excluding hydrogens is 295 g/mol. The van der Waals surface area contributed by atoms with Crippen LogP contribution in [0.4, 0.5) is 24.5 Å². The van der Waals surface area contributed by atoms with Gasteiger partial charge in [-0.1, -0.05) is 0 Å². The van der Waals surface area contributed by atoms with Crippen LogP contribution in [0, 0.1) is 20.2 Å². The number of benzene rings is 1. The van der Waals surface area contributed by atoms with Crippen LogP contribution in [0.1, 0.15) is 11.1 Å². The van der Waals surface area contributed by atoms with E-state index in [4.69, 9.17) is 0 Å². The highest BCUT2D eigenvalue weighted by Crippen LogP contribution is 2.38. The minimum absolute atomic E-state index is 0.280. The van der Waals surface area contributed by atoms with Gasteiger partial charge in [0.1, 0.15) is 5.56 Å². The lowest BCUT2D eigenvalue weighted by Gasteiger charge is -2.09. The molecule has 114 valence electrons. The van der Waals surface area contributed by atoms with Crippen LogP contribution in [-0.2, 0) is 6.18 Å². The van der Waals surface area contributed by atoms with Crippen molar-refractivity contribution in [2.24, 2.45) is 0 Å². The molecule has 0 N–H and O–H groups in total. The lowest BCUT2D eigenvalue weighted by Crippen LogP contribution is -2.09. The Kier molecular flexibility index (Phi) is 4.51. The van der Waals surface area contributed by atoms with Crippen molar-refractivity contribution in [3.8, 4) is 0 Å². The minimum atomic E-state index is -4.92. The van der Waals surface area contributed by atoms with E-state index in [1.165, 1.54) is 11.1 Å². The molecule has 0 saturated heterocycles. The molecule has 0 aliphatic carbocycles. The topological polar surface area (TPSA) is 89.5 Å². The Labute approximate surface area is 116 Å². The number of nitro benzene ring substituents is 2. The van der Waals surface area contributed by atoms with Crippen LogP contribution in [0.15, 0.2) is 18.3 Å². The smallest absolute Gasteiger partial charge is 0.383 e. The van der Waals surface area contributed by atoms with E-state index in [0.717, 1.165) is 6.08 Å². The molecule has 0 unspecified atom stereocenters. The summed E-state index contributed by atoms with van der Waals surface area (Å²) in [4.78, 5) is 21.0. The van der Waals surface area contributed by atoms with Gasteiger partial charge in [-0.2, -0.15) is 13.2 Å². The molecule has 0 atom stereocenters. The van der Waals surface area contributed by atoms with Gasteiger partial charge in [0.05, 0.1) is 15.4 Å². The van der Waals surface area contributed by atoms with Crippen LogP contribution < -0.4 is 0 Å². The summed E-state index contributed by atoms with van der Waals surface area (Å²) < 4.78 is 37.9. The average Bonchev–Trinajstić information content (AvgIpc) is 2.33. The number of alkyl halides is 3. The van der Waals surface area contributed by atoms with Gasteiger partial charge in [0, 0.05) is 26.2 Å². The average molecular weight is 305 g/mol. The quantitative estimate of drug-likeness (QED) is 0.630. The van der Waals surface area contributed by atoms with Crippen LogP contribution in [0.5, 0.6) is 0 Å². The maximum Gasteiger partial charge on any atom is 0.416 e. The molecule has 0 aromatic heterocycles. The molecule has 0 radical (unpaired) electrons. The van der Waals surface area contributed by atoms with Crippen molar-refractivity contribution in [3.63, 3.8) is 0 Å². The maximum absolute atomic E-state index is 12.6. The molecule has 1 rings (SSSR count). The lowest BCUT2D eigenvalue weighted by atomic mass is 10.1. The summed E-state index contributed by atoms with van der Waals surface area (Å²) in [6.45, 7) is 0. The third kappa shape index (κ3) is 3.91. The van der Waals surface area contributed by atoms with E-state index in [-0.39, 0.29) is 12.1 Å². The van der Waals surface area contributed by atoms with Gasteiger partial charge in [-0.3, -0.25) is 20.2 Å². The fourth-order valence-corrected chi connectivity index (χ4v) is 1.48. The Balaban J connectivity index is 3.67. The third-order valence-corrected chi connectivity index (χ3v) is 2.40. The molecule has 0 saturated carbocycles. The van der Waals surface area contributed by atoms with Crippen molar-refractivity contribution < 1.29 is 23.0 Å². The second kappa shape index (κ2) is 5.77. The number of nitrogens with zero attached hydrogens (tertiary/aromatic N) is 3. The summed E-state index contributed by atoms with van der Waals surface area (Å²) in [5.74, 6) is 0. The molecule has 0 amide bonds. The van der Waals surface area contributed by atoms with Gasteiger partial charge in [-0.25, -0.2) is 0 Å². The van der Waals surface area contributed by atoms with Gasteiger partial charge in [0.25, 0.3) is 11.4 Å². The van der Waals surface area contributed by atoms with Gasteiger partial charge >= 0.3 is 6.18 Å². The van der Waals surface area contributed by atoms with Crippen LogP contribution in [0.2, 0.25) is 0 Å². The van der Waals surface area contributed by atoms with E-state index in [0.29, 0.717) is 0 Å². The van der Waals surface area contributed by atoms with E-state index < -0.39 is 38.5 Å².